The van der Waals surface area contributed by atoms with Gasteiger partial charge in [0.15, 0.2) is 17.2 Å². The monoisotopic (exact) mass is 492 g/mol. The van der Waals surface area contributed by atoms with Crippen molar-refractivity contribution in [3.63, 3.8) is 0 Å². The second-order valence-corrected chi connectivity index (χ2v) is 8.79. The molecule has 6 rings (SSSR count). The summed E-state index contributed by atoms with van der Waals surface area (Å²) in [4.78, 5) is 9.67. The summed E-state index contributed by atoms with van der Waals surface area (Å²) in [5, 5.41) is 10.7. The quantitative estimate of drug-likeness (QED) is 0.324. The van der Waals surface area contributed by atoms with E-state index in [1.807, 2.05) is 36.4 Å². The van der Waals surface area contributed by atoms with E-state index in [9.17, 15) is 13.2 Å². The maximum Gasteiger partial charge on any atom is 0.417 e. The van der Waals surface area contributed by atoms with Crippen LogP contribution in [-0.4, -0.2) is 24.9 Å². The van der Waals surface area contributed by atoms with Gasteiger partial charge in [0.1, 0.15) is 12.2 Å². The molecule has 2 N–H and O–H groups in total. The van der Waals surface area contributed by atoms with E-state index in [-0.39, 0.29) is 29.1 Å². The third-order valence-electron chi connectivity index (χ3n) is 5.53. The van der Waals surface area contributed by atoms with Crippen LogP contribution in [0.4, 0.5) is 19.0 Å². The van der Waals surface area contributed by atoms with E-state index in [1.54, 1.807) is 23.6 Å². The van der Waals surface area contributed by atoms with Crippen LogP contribution in [-0.2, 0) is 12.7 Å². The highest BCUT2D eigenvalue weighted by Gasteiger charge is 2.36. The van der Waals surface area contributed by atoms with Gasteiger partial charge in [-0.05, 0) is 29.6 Å². The molecule has 1 aromatic carbocycles. The van der Waals surface area contributed by atoms with Crippen LogP contribution in [0.25, 0.3) is 43.9 Å². The fourth-order valence-electron chi connectivity index (χ4n) is 3.95. The lowest BCUT2D eigenvalue weighted by Gasteiger charge is -2.10. The number of nitrogens with zero attached hydrogens (tertiary/aromatic N) is 5. The summed E-state index contributed by atoms with van der Waals surface area (Å²) in [6, 6.07) is 17.6. The van der Waals surface area contributed by atoms with Crippen molar-refractivity contribution in [2.75, 3.05) is 5.73 Å². The number of hydrogen-bond donors (Lipinski definition) is 1. The van der Waals surface area contributed by atoms with Gasteiger partial charge in [-0.1, -0.05) is 35.5 Å². The SMILES string of the molecule is Nc1nn(Cc2cc(-c3ccc4ccccc4n3)no2)c2nc(-c3cccs3)cc(C(F)(F)F)c12. The molecule has 0 aliphatic heterocycles. The molecule has 0 spiro atoms. The third-order valence-corrected chi connectivity index (χ3v) is 6.43. The first kappa shape index (κ1) is 21.3. The van der Waals surface area contributed by atoms with E-state index in [0.29, 0.717) is 22.0 Å². The van der Waals surface area contributed by atoms with E-state index in [2.05, 4.69) is 20.2 Å². The number of para-hydroxylation sites is 1. The van der Waals surface area contributed by atoms with E-state index in [1.165, 1.54) is 16.0 Å². The molecule has 0 saturated carbocycles. The van der Waals surface area contributed by atoms with Crippen molar-refractivity contribution in [1.82, 2.24) is 24.9 Å². The Morgan fingerprint density at radius 3 is 2.60 bits per heavy atom. The molecule has 11 heteroatoms. The number of aromatic nitrogens is 5. The van der Waals surface area contributed by atoms with Crippen LogP contribution in [0.15, 0.2) is 70.6 Å². The number of rotatable bonds is 4. The second kappa shape index (κ2) is 7.91. The van der Waals surface area contributed by atoms with Crippen molar-refractivity contribution in [2.45, 2.75) is 12.7 Å². The molecular weight excluding hydrogens is 477 g/mol. The zero-order valence-electron chi connectivity index (χ0n) is 17.8. The van der Waals surface area contributed by atoms with Gasteiger partial charge in [0.25, 0.3) is 0 Å². The van der Waals surface area contributed by atoms with Crippen molar-refractivity contribution >= 4 is 39.1 Å². The molecule has 0 amide bonds. The van der Waals surface area contributed by atoms with Gasteiger partial charge in [0.05, 0.1) is 32.7 Å². The Labute approximate surface area is 199 Å². The van der Waals surface area contributed by atoms with Crippen LogP contribution in [0.5, 0.6) is 0 Å². The minimum absolute atomic E-state index is 0.00747. The van der Waals surface area contributed by atoms with Crippen LogP contribution in [0.2, 0.25) is 0 Å². The molecular formula is C24H15F3N6OS. The van der Waals surface area contributed by atoms with Gasteiger partial charge in [-0.2, -0.15) is 18.3 Å². The molecule has 174 valence electrons. The molecule has 35 heavy (non-hydrogen) atoms. The van der Waals surface area contributed by atoms with Gasteiger partial charge < -0.3 is 10.3 Å². The van der Waals surface area contributed by atoms with Crippen molar-refractivity contribution in [3.8, 4) is 22.0 Å². The number of fused-ring (bicyclic) bond motifs is 2. The molecule has 5 aromatic heterocycles. The predicted octanol–water partition coefficient (Wildman–Crippen LogP) is 6.01. The zero-order valence-corrected chi connectivity index (χ0v) is 18.6. The number of benzene rings is 1. The Morgan fingerprint density at radius 1 is 0.943 bits per heavy atom. The number of halogens is 3. The molecule has 0 saturated heterocycles. The van der Waals surface area contributed by atoms with Gasteiger partial charge >= 0.3 is 6.18 Å². The summed E-state index contributed by atoms with van der Waals surface area (Å²) < 4.78 is 48.5. The summed E-state index contributed by atoms with van der Waals surface area (Å²) in [7, 11) is 0. The lowest BCUT2D eigenvalue weighted by molar-refractivity contribution is -0.136. The number of pyridine rings is 2. The zero-order chi connectivity index (χ0) is 24.2. The number of alkyl halides is 3. The van der Waals surface area contributed by atoms with Crippen molar-refractivity contribution in [1.29, 1.82) is 0 Å². The molecule has 5 heterocycles. The summed E-state index contributed by atoms with van der Waals surface area (Å²) >= 11 is 1.30. The van der Waals surface area contributed by atoms with E-state index in [4.69, 9.17) is 10.3 Å². The second-order valence-electron chi connectivity index (χ2n) is 7.84. The molecule has 7 nitrogen and oxygen atoms in total. The van der Waals surface area contributed by atoms with Crippen LogP contribution in [0.1, 0.15) is 11.3 Å². The van der Waals surface area contributed by atoms with E-state index >= 15 is 0 Å². The van der Waals surface area contributed by atoms with Gasteiger partial charge in [0.2, 0.25) is 0 Å². The normalized spacial score (nSPS) is 12.1. The maximum atomic E-state index is 13.9. The minimum atomic E-state index is -4.63. The Hall–Kier alpha value is -4.25. The molecule has 0 unspecified atom stereocenters. The van der Waals surface area contributed by atoms with E-state index in [0.717, 1.165) is 17.0 Å². The summed E-state index contributed by atoms with van der Waals surface area (Å²) in [6.07, 6.45) is -4.63. The molecule has 0 atom stereocenters. The number of nitrogens with two attached hydrogens (primary N) is 1. The molecule has 0 aliphatic carbocycles. The fourth-order valence-corrected chi connectivity index (χ4v) is 4.63. The smallest absolute Gasteiger partial charge is 0.382 e. The van der Waals surface area contributed by atoms with Crippen molar-refractivity contribution < 1.29 is 17.7 Å². The largest absolute Gasteiger partial charge is 0.417 e. The number of anilines is 1. The van der Waals surface area contributed by atoms with Crippen LogP contribution < -0.4 is 5.73 Å². The molecule has 0 fully saturated rings. The topological polar surface area (TPSA) is 95.7 Å². The Bertz CT molecular complexity index is 1690. The van der Waals surface area contributed by atoms with Crippen LogP contribution in [0, 0.1) is 0 Å². The Morgan fingerprint density at radius 2 is 1.80 bits per heavy atom. The molecule has 6 aromatic rings. The highest BCUT2D eigenvalue weighted by atomic mass is 32.1. The lowest BCUT2D eigenvalue weighted by atomic mass is 10.1. The third kappa shape index (κ3) is 3.79. The highest BCUT2D eigenvalue weighted by Crippen LogP contribution is 2.39. The summed E-state index contributed by atoms with van der Waals surface area (Å²) in [5.74, 6) is 0.115. The minimum Gasteiger partial charge on any atom is -0.382 e. The molecule has 0 aliphatic rings. The van der Waals surface area contributed by atoms with Crippen molar-refractivity contribution in [3.05, 3.63) is 77.4 Å². The average molecular weight is 492 g/mol. The molecule has 0 radical (unpaired) electrons. The maximum absolute atomic E-state index is 13.9. The molecule has 0 bridgehead atoms. The van der Waals surface area contributed by atoms with Crippen LogP contribution in [0.3, 0.4) is 0 Å². The van der Waals surface area contributed by atoms with Gasteiger partial charge in [-0.15, -0.1) is 11.3 Å². The highest BCUT2D eigenvalue weighted by molar-refractivity contribution is 7.13. The van der Waals surface area contributed by atoms with E-state index < -0.39 is 11.7 Å². The standard InChI is InChI=1S/C24H15F3N6OS/c25-24(26,27)15-11-19(20-6-3-9-35-20)30-23-21(15)22(28)31-33(23)12-14-10-18(32-34-14)17-8-7-13-4-1-2-5-16(13)29-17/h1-11H,12H2,(H2,28,31). The number of thiophene rings is 1. The van der Waals surface area contributed by atoms with Crippen molar-refractivity contribution in [2.24, 2.45) is 0 Å². The van der Waals surface area contributed by atoms with Crippen LogP contribution >= 0.6 is 11.3 Å². The fraction of sp³-hybridized carbons (Fsp3) is 0.0833. The first-order chi connectivity index (χ1) is 16.9. The average Bonchev–Trinajstić information content (AvgIpc) is 3.59. The number of nitrogen functional groups attached to an aromatic ring is 1. The Kier molecular flexibility index (Phi) is 4.81. The lowest BCUT2D eigenvalue weighted by Crippen LogP contribution is -2.08. The first-order valence-corrected chi connectivity index (χ1v) is 11.3. The van der Waals surface area contributed by atoms with Gasteiger partial charge in [0, 0.05) is 11.5 Å². The first-order valence-electron chi connectivity index (χ1n) is 10.5. The predicted molar refractivity (Wildman–Crippen MR) is 127 cm³/mol. The van der Waals surface area contributed by atoms with Gasteiger partial charge in [-0.3, -0.25) is 0 Å². The van der Waals surface area contributed by atoms with Gasteiger partial charge in [-0.25, -0.2) is 14.6 Å². The summed E-state index contributed by atoms with van der Waals surface area (Å²) in [6.45, 7) is -0.00747. The number of hydrogen-bond acceptors (Lipinski definition) is 7. The summed E-state index contributed by atoms with van der Waals surface area (Å²) in [5.41, 5.74) is 7.17. The Balaban J connectivity index is 1.41.